The Labute approximate surface area is 231 Å². The van der Waals surface area contributed by atoms with Crippen molar-refractivity contribution in [2.24, 2.45) is 0 Å². The molecule has 0 aromatic heterocycles. The van der Waals surface area contributed by atoms with Gasteiger partial charge in [-0.1, -0.05) is 66.2 Å². The number of rotatable bonds is 8. The van der Waals surface area contributed by atoms with Gasteiger partial charge in [-0.2, -0.15) is 0 Å². The second-order valence-electron chi connectivity index (χ2n) is 10.5. The lowest BCUT2D eigenvalue weighted by atomic mass is 9.74. The molecule has 0 amide bonds. The predicted octanol–water partition coefficient (Wildman–Crippen LogP) is 4.96. The highest BCUT2D eigenvalue weighted by molar-refractivity contribution is 7.91. The zero-order chi connectivity index (χ0) is 27.0. The maximum Gasteiger partial charge on any atom is 0.242 e. The van der Waals surface area contributed by atoms with E-state index in [1.807, 2.05) is 36.4 Å². The fraction of sp³-hybridized carbons (Fsp3) is 0.379. The van der Waals surface area contributed by atoms with Gasteiger partial charge in [0.25, 0.3) is 0 Å². The van der Waals surface area contributed by atoms with Gasteiger partial charge in [-0.25, -0.2) is 21.1 Å². The molecule has 9 heteroatoms. The van der Waals surface area contributed by atoms with E-state index in [1.165, 1.54) is 4.31 Å². The molecule has 1 unspecified atom stereocenters. The van der Waals surface area contributed by atoms with E-state index in [2.05, 4.69) is 4.90 Å². The van der Waals surface area contributed by atoms with Gasteiger partial charge in [0, 0.05) is 29.9 Å². The number of likely N-dealkylation sites (tertiary alicyclic amines) is 1. The van der Waals surface area contributed by atoms with E-state index in [9.17, 15) is 16.8 Å². The Balaban J connectivity index is 1.29. The van der Waals surface area contributed by atoms with E-state index in [-0.39, 0.29) is 22.0 Å². The predicted molar refractivity (Wildman–Crippen MR) is 151 cm³/mol. The average Bonchev–Trinajstić information content (AvgIpc) is 3.14. The van der Waals surface area contributed by atoms with Crippen molar-refractivity contribution in [1.29, 1.82) is 0 Å². The van der Waals surface area contributed by atoms with Gasteiger partial charge in [0.1, 0.15) is 0 Å². The van der Waals surface area contributed by atoms with Crippen molar-refractivity contribution in [2.75, 3.05) is 39.0 Å². The molecule has 1 saturated heterocycles. The molecule has 3 aromatic carbocycles. The van der Waals surface area contributed by atoms with Gasteiger partial charge < -0.3 is 4.90 Å². The average molecular weight is 573 g/mol. The number of hydrogen-bond acceptors (Lipinski definition) is 5. The van der Waals surface area contributed by atoms with Crippen molar-refractivity contribution in [3.05, 3.63) is 95.0 Å². The number of fused-ring (bicyclic) bond motifs is 2. The second-order valence-corrected chi connectivity index (χ2v) is 14.9. The Morgan fingerprint density at radius 1 is 0.947 bits per heavy atom. The highest BCUT2D eigenvalue weighted by Crippen LogP contribution is 2.46. The Morgan fingerprint density at radius 2 is 1.58 bits per heavy atom. The fourth-order valence-electron chi connectivity index (χ4n) is 5.98. The first-order chi connectivity index (χ1) is 18.1. The highest BCUT2D eigenvalue weighted by atomic mass is 35.5. The van der Waals surface area contributed by atoms with E-state index in [1.54, 1.807) is 49.5 Å². The molecule has 2 heterocycles. The first-order valence-corrected chi connectivity index (χ1v) is 16.4. The van der Waals surface area contributed by atoms with Gasteiger partial charge in [-0.15, -0.1) is 0 Å². The molecule has 2 aliphatic rings. The fourth-order valence-corrected chi connectivity index (χ4v) is 9.74. The Kier molecular flexibility index (Phi) is 7.73. The second kappa shape index (κ2) is 10.7. The molecule has 5 rings (SSSR count). The number of benzene rings is 3. The normalized spacial score (nSPS) is 19.4. The maximum atomic E-state index is 13.2. The summed E-state index contributed by atoms with van der Waals surface area (Å²) in [7, 11) is -5.26. The smallest absolute Gasteiger partial charge is 0.242 e. The van der Waals surface area contributed by atoms with Crippen LogP contribution >= 0.6 is 11.6 Å². The van der Waals surface area contributed by atoms with E-state index in [0.717, 1.165) is 50.0 Å². The lowest BCUT2D eigenvalue weighted by Crippen LogP contribution is -2.44. The molecule has 38 heavy (non-hydrogen) atoms. The third-order valence-corrected chi connectivity index (χ3v) is 12.3. The van der Waals surface area contributed by atoms with Crippen LogP contribution in [0.3, 0.4) is 0 Å². The minimum absolute atomic E-state index is 0.0874. The lowest BCUT2D eigenvalue weighted by Gasteiger charge is -2.40. The van der Waals surface area contributed by atoms with Crippen LogP contribution in [0.4, 0.5) is 0 Å². The van der Waals surface area contributed by atoms with Crippen molar-refractivity contribution in [1.82, 2.24) is 9.21 Å². The molecular weight excluding hydrogens is 540 g/mol. The molecule has 0 N–H and O–H groups in total. The third kappa shape index (κ3) is 5.29. The molecule has 1 spiro atoms. The highest BCUT2D eigenvalue weighted by Gasteiger charge is 2.48. The number of halogens is 1. The van der Waals surface area contributed by atoms with Crippen LogP contribution < -0.4 is 0 Å². The zero-order valence-electron chi connectivity index (χ0n) is 21.5. The van der Waals surface area contributed by atoms with Crippen LogP contribution in [0.1, 0.15) is 36.3 Å². The molecule has 0 bridgehead atoms. The standard InChI is InChI=1S/C29H33ClN2O4S2/c1-31(38(35,36)24-9-3-2-4-10-24)21-23(25-11-5-7-13-27(25)30)15-18-32-19-16-29(17-20-32)22-37(33,34)28-14-8-6-12-26(28)29/h2-14,23H,15-22H2,1H3. The molecular formula is C29H33ClN2O4S2. The largest absolute Gasteiger partial charge is 0.303 e. The topological polar surface area (TPSA) is 74.8 Å². The van der Waals surface area contributed by atoms with Crippen LogP contribution in [-0.4, -0.2) is 65.0 Å². The van der Waals surface area contributed by atoms with E-state index in [0.29, 0.717) is 16.5 Å². The third-order valence-electron chi connectivity index (χ3n) is 8.14. The summed E-state index contributed by atoms with van der Waals surface area (Å²) in [4.78, 5) is 3.14. The van der Waals surface area contributed by atoms with E-state index >= 15 is 0 Å². The Morgan fingerprint density at radius 3 is 2.29 bits per heavy atom. The van der Waals surface area contributed by atoms with Crippen molar-refractivity contribution >= 4 is 31.5 Å². The van der Waals surface area contributed by atoms with E-state index in [4.69, 9.17) is 11.6 Å². The summed E-state index contributed by atoms with van der Waals surface area (Å²) >= 11 is 6.57. The summed E-state index contributed by atoms with van der Waals surface area (Å²) in [6.45, 7) is 2.69. The van der Waals surface area contributed by atoms with E-state index < -0.39 is 19.9 Å². The molecule has 0 radical (unpaired) electrons. The van der Waals surface area contributed by atoms with Crippen molar-refractivity contribution in [3.8, 4) is 0 Å². The molecule has 3 aromatic rings. The number of piperidine rings is 1. The molecule has 2 aliphatic heterocycles. The van der Waals surface area contributed by atoms with Crippen LogP contribution in [0.5, 0.6) is 0 Å². The van der Waals surface area contributed by atoms with Gasteiger partial charge >= 0.3 is 0 Å². The van der Waals surface area contributed by atoms with Crippen molar-refractivity contribution < 1.29 is 16.8 Å². The quantitative estimate of drug-likeness (QED) is 0.381. The van der Waals surface area contributed by atoms with Crippen LogP contribution in [-0.2, 0) is 25.3 Å². The number of sulfonamides is 1. The maximum absolute atomic E-state index is 13.2. The van der Waals surface area contributed by atoms with Crippen molar-refractivity contribution in [2.45, 2.75) is 40.4 Å². The summed E-state index contributed by atoms with van der Waals surface area (Å²) in [5.41, 5.74) is 1.60. The van der Waals surface area contributed by atoms with Gasteiger partial charge in [0.15, 0.2) is 9.84 Å². The first kappa shape index (κ1) is 27.3. The number of nitrogens with zero attached hydrogens (tertiary/aromatic N) is 2. The Hall–Kier alpha value is -2.23. The zero-order valence-corrected chi connectivity index (χ0v) is 23.9. The minimum atomic E-state index is -3.63. The van der Waals surface area contributed by atoms with Gasteiger partial charge in [-0.3, -0.25) is 0 Å². The van der Waals surface area contributed by atoms with Crippen LogP contribution in [0.15, 0.2) is 88.7 Å². The number of sulfone groups is 1. The SMILES string of the molecule is CN(CC(CCN1CCC2(CC1)CS(=O)(=O)c1ccccc12)c1ccccc1Cl)S(=O)(=O)c1ccccc1. The number of hydrogen-bond donors (Lipinski definition) is 0. The molecule has 202 valence electrons. The lowest BCUT2D eigenvalue weighted by molar-refractivity contribution is 0.165. The summed E-state index contributed by atoms with van der Waals surface area (Å²) in [5, 5.41) is 0.633. The summed E-state index contributed by atoms with van der Waals surface area (Å²) in [5.74, 6) is 0.105. The van der Waals surface area contributed by atoms with Crippen LogP contribution in [0, 0.1) is 0 Å². The summed E-state index contributed by atoms with van der Waals surface area (Å²) in [6, 6.07) is 23.6. The number of likely N-dealkylation sites (N-methyl/N-ethyl adjacent to an activating group) is 1. The molecule has 6 nitrogen and oxygen atoms in total. The Bertz CT molecular complexity index is 1500. The molecule has 0 saturated carbocycles. The minimum Gasteiger partial charge on any atom is -0.303 e. The van der Waals surface area contributed by atoms with Gasteiger partial charge in [0.05, 0.1) is 15.5 Å². The molecule has 1 fully saturated rings. The summed E-state index contributed by atoms with van der Waals surface area (Å²) in [6.07, 6.45) is 2.32. The summed E-state index contributed by atoms with van der Waals surface area (Å²) < 4.78 is 53.5. The van der Waals surface area contributed by atoms with Crippen LogP contribution in [0.2, 0.25) is 5.02 Å². The molecule has 1 atom stereocenters. The van der Waals surface area contributed by atoms with Crippen LogP contribution in [0.25, 0.3) is 0 Å². The van der Waals surface area contributed by atoms with Gasteiger partial charge in [-0.05, 0) is 74.3 Å². The van der Waals surface area contributed by atoms with Crippen molar-refractivity contribution in [3.63, 3.8) is 0 Å². The molecule has 0 aliphatic carbocycles. The van der Waals surface area contributed by atoms with Gasteiger partial charge in [0.2, 0.25) is 10.0 Å². The first-order valence-electron chi connectivity index (χ1n) is 12.9. The monoisotopic (exact) mass is 572 g/mol.